The van der Waals surface area contributed by atoms with E-state index in [1.807, 2.05) is 18.2 Å². The number of amides is 1. The summed E-state index contributed by atoms with van der Waals surface area (Å²) in [5.74, 6) is 2.04. The standard InChI is InChI=1S/C22H18N4O5/c1-23-21(27)17-11-14(7-8-24-17)30-13-5-6-15-19(12-13)31-22(25-15)26-16-3-2-4-18-20(16)29-10-9-28-18/h2-8,11-12H,9-10H2,1H3,(H,23,27)(H,25,26). The Morgan fingerprint density at radius 2 is 1.94 bits per heavy atom. The van der Waals surface area contributed by atoms with E-state index < -0.39 is 0 Å². The third kappa shape index (κ3) is 3.80. The summed E-state index contributed by atoms with van der Waals surface area (Å²) in [6.07, 6.45) is 1.52. The van der Waals surface area contributed by atoms with Crippen LogP contribution in [0.3, 0.4) is 0 Å². The highest BCUT2D eigenvalue weighted by Crippen LogP contribution is 2.39. The Bertz CT molecular complexity index is 1270. The van der Waals surface area contributed by atoms with Gasteiger partial charge in [-0.05, 0) is 30.3 Å². The first-order valence-corrected chi connectivity index (χ1v) is 9.62. The Balaban J connectivity index is 1.38. The number of anilines is 2. The van der Waals surface area contributed by atoms with Gasteiger partial charge >= 0.3 is 0 Å². The summed E-state index contributed by atoms with van der Waals surface area (Å²) in [7, 11) is 1.55. The maximum Gasteiger partial charge on any atom is 0.300 e. The smallest absolute Gasteiger partial charge is 0.300 e. The molecular formula is C22H18N4O5. The molecule has 0 spiro atoms. The van der Waals surface area contributed by atoms with E-state index >= 15 is 0 Å². The zero-order valence-electron chi connectivity index (χ0n) is 16.5. The van der Waals surface area contributed by atoms with Gasteiger partial charge in [0.1, 0.15) is 35.9 Å². The van der Waals surface area contributed by atoms with Crippen LogP contribution >= 0.6 is 0 Å². The van der Waals surface area contributed by atoms with E-state index in [2.05, 4.69) is 20.6 Å². The number of hydrogen-bond acceptors (Lipinski definition) is 8. The van der Waals surface area contributed by atoms with Gasteiger partial charge in [-0.25, -0.2) is 0 Å². The largest absolute Gasteiger partial charge is 0.486 e. The van der Waals surface area contributed by atoms with Crippen LogP contribution in [0, 0.1) is 0 Å². The van der Waals surface area contributed by atoms with Gasteiger partial charge < -0.3 is 29.3 Å². The van der Waals surface area contributed by atoms with E-state index in [4.69, 9.17) is 18.6 Å². The van der Waals surface area contributed by atoms with Crippen LogP contribution in [-0.2, 0) is 0 Å². The number of carbonyl (C=O) groups excluding carboxylic acids is 1. The molecule has 4 aromatic rings. The number of nitrogens with zero attached hydrogens (tertiary/aromatic N) is 2. The van der Waals surface area contributed by atoms with Gasteiger partial charge in [0.15, 0.2) is 17.1 Å². The molecule has 1 amide bonds. The Morgan fingerprint density at radius 3 is 2.84 bits per heavy atom. The highest BCUT2D eigenvalue weighted by Gasteiger charge is 2.17. The van der Waals surface area contributed by atoms with Crippen LogP contribution in [0.5, 0.6) is 23.0 Å². The van der Waals surface area contributed by atoms with E-state index in [0.29, 0.717) is 59.0 Å². The number of aromatic nitrogens is 2. The number of fused-ring (bicyclic) bond motifs is 2. The minimum Gasteiger partial charge on any atom is -0.486 e. The number of rotatable bonds is 5. The average Bonchev–Trinajstić information content (AvgIpc) is 3.20. The highest BCUT2D eigenvalue weighted by atomic mass is 16.6. The third-order valence-corrected chi connectivity index (χ3v) is 4.59. The number of oxazole rings is 1. The molecule has 0 radical (unpaired) electrons. The fraction of sp³-hybridized carbons (Fsp3) is 0.136. The second-order valence-electron chi connectivity index (χ2n) is 6.66. The summed E-state index contributed by atoms with van der Waals surface area (Å²) >= 11 is 0. The summed E-state index contributed by atoms with van der Waals surface area (Å²) in [6.45, 7) is 1.00. The molecule has 0 bridgehead atoms. The fourth-order valence-electron chi connectivity index (χ4n) is 3.17. The topological polar surface area (TPSA) is 108 Å². The number of carbonyl (C=O) groups is 1. The highest BCUT2D eigenvalue weighted by molar-refractivity contribution is 5.92. The second-order valence-corrected chi connectivity index (χ2v) is 6.66. The SMILES string of the molecule is CNC(=O)c1cc(Oc2ccc3nc(Nc4cccc5c4OCCO5)oc3c2)ccn1. The van der Waals surface area contributed by atoms with Crippen molar-refractivity contribution < 1.29 is 23.4 Å². The Morgan fingerprint density at radius 1 is 1.06 bits per heavy atom. The first-order chi connectivity index (χ1) is 15.2. The lowest BCUT2D eigenvalue weighted by atomic mass is 10.2. The molecule has 0 saturated carbocycles. The number of pyridine rings is 1. The van der Waals surface area contributed by atoms with Crippen molar-refractivity contribution in [1.29, 1.82) is 0 Å². The van der Waals surface area contributed by atoms with Crippen molar-refractivity contribution in [3.63, 3.8) is 0 Å². The molecule has 1 aliphatic rings. The Hall–Kier alpha value is -4.27. The molecule has 0 aliphatic carbocycles. The molecule has 0 atom stereocenters. The molecule has 9 nitrogen and oxygen atoms in total. The van der Waals surface area contributed by atoms with E-state index in [9.17, 15) is 4.79 Å². The summed E-state index contributed by atoms with van der Waals surface area (Å²) in [4.78, 5) is 20.2. The van der Waals surface area contributed by atoms with E-state index in [1.54, 1.807) is 37.4 Å². The molecule has 9 heteroatoms. The first kappa shape index (κ1) is 18.7. The van der Waals surface area contributed by atoms with Crippen molar-refractivity contribution in [1.82, 2.24) is 15.3 Å². The molecule has 1 aliphatic heterocycles. The van der Waals surface area contributed by atoms with E-state index in [0.717, 1.165) is 0 Å². The van der Waals surface area contributed by atoms with Gasteiger partial charge in [0.25, 0.3) is 11.9 Å². The number of para-hydroxylation sites is 1. The predicted octanol–water partition coefficient (Wildman–Crippen LogP) is 3.89. The van der Waals surface area contributed by atoms with Crippen molar-refractivity contribution >= 4 is 28.7 Å². The normalized spacial score (nSPS) is 12.4. The molecule has 2 aromatic carbocycles. The third-order valence-electron chi connectivity index (χ3n) is 4.59. The van der Waals surface area contributed by atoms with Gasteiger partial charge in [0.2, 0.25) is 0 Å². The molecule has 0 saturated heterocycles. The average molecular weight is 418 g/mol. The lowest BCUT2D eigenvalue weighted by Gasteiger charge is -2.20. The summed E-state index contributed by atoms with van der Waals surface area (Å²) < 4.78 is 23.0. The van der Waals surface area contributed by atoms with Gasteiger partial charge in [-0.1, -0.05) is 6.07 Å². The maximum atomic E-state index is 11.8. The molecule has 2 N–H and O–H groups in total. The van der Waals surface area contributed by atoms with Crippen LogP contribution in [0.2, 0.25) is 0 Å². The van der Waals surface area contributed by atoms with Crippen molar-refractivity contribution in [2.75, 3.05) is 25.6 Å². The molecule has 0 fully saturated rings. The van der Waals surface area contributed by atoms with Gasteiger partial charge in [0, 0.05) is 25.4 Å². The number of hydrogen-bond donors (Lipinski definition) is 2. The number of benzene rings is 2. The van der Waals surface area contributed by atoms with E-state index in [-0.39, 0.29) is 11.6 Å². The zero-order valence-corrected chi connectivity index (χ0v) is 16.5. The first-order valence-electron chi connectivity index (χ1n) is 9.62. The fourth-order valence-corrected chi connectivity index (χ4v) is 3.17. The molecule has 5 rings (SSSR count). The number of nitrogens with one attached hydrogen (secondary N) is 2. The molecule has 31 heavy (non-hydrogen) atoms. The van der Waals surface area contributed by atoms with Crippen LogP contribution in [0.15, 0.2) is 59.1 Å². The lowest BCUT2D eigenvalue weighted by Crippen LogP contribution is -2.18. The van der Waals surface area contributed by atoms with Gasteiger partial charge in [-0.15, -0.1) is 0 Å². The summed E-state index contributed by atoms with van der Waals surface area (Å²) in [6, 6.07) is 14.4. The van der Waals surface area contributed by atoms with Crippen LogP contribution in [0.4, 0.5) is 11.7 Å². The van der Waals surface area contributed by atoms with Crippen LogP contribution in [0.1, 0.15) is 10.5 Å². The monoisotopic (exact) mass is 418 g/mol. The summed E-state index contributed by atoms with van der Waals surface area (Å²) in [5.41, 5.74) is 2.18. The molecule has 3 heterocycles. The second kappa shape index (κ2) is 7.86. The van der Waals surface area contributed by atoms with Crippen molar-refractivity contribution in [3.8, 4) is 23.0 Å². The van der Waals surface area contributed by atoms with Crippen molar-refractivity contribution in [2.45, 2.75) is 0 Å². The molecular weight excluding hydrogens is 400 g/mol. The minimum atomic E-state index is -0.288. The predicted molar refractivity (Wildman–Crippen MR) is 112 cm³/mol. The van der Waals surface area contributed by atoms with Gasteiger partial charge in [0.05, 0.1) is 5.69 Å². The molecule has 0 unspecified atom stereocenters. The van der Waals surface area contributed by atoms with Gasteiger partial charge in [-0.2, -0.15) is 4.98 Å². The van der Waals surface area contributed by atoms with E-state index in [1.165, 1.54) is 6.20 Å². The van der Waals surface area contributed by atoms with Crippen LogP contribution in [-0.4, -0.2) is 36.1 Å². The number of ether oxygens (including phenoxy) is 3. The zero-order chi connectivity index (χ0) is 21.2. The van der Waals surface area contributed by atoms with Crippen LogP contribution in [0.25, 0.3) is 11.1 Å². The van der Waals surface area contributed by atoms with Crippen molar-refractivity contribution in [2.24, 2.45) is 0 Å². The summed E-state index contributed by atoms with van der Waals surface area (Å²) in [5, 5.41) is 5.67. The molecule has 156 valence electrons. The maximum absolute atomic E-state index is 11.8. The quantitative estimate of drug-likeness (QED) is 0.503. The minimum absolute atomic E-state index is 0.268. The van der Waals surface area contributed by atoms with Gasteiger partial charge in [-0.3, -0.25) is 9.78 Å². The van der Waals surface area contributed by atoms with Crippen molar-refractivity contribution in [3.05, 3.63) is 60.4 Å². The van der Waals surface area contributed by atoms with Crippen LogP contribution < -0.4 is 24.8 Å². The lowest BCUT2D eigenvalue weighted by molar-refractivity contribution is 0.0958. The Labute approximate surface area is 177 Å². The molecule has 2 aromatic heterocycles. The Kier molecular flexibility index (Phi) is 4.75.